The van der Waals surface area contributed by atoms with Crippen LogP contribution in [0.5, 0.6) is 0 Å². The Labute approximate surface area is 92.9 Å². The maximum absolute atomic E-state index is 11.5. The van der Waals surface area contributed by atoms with E-state index >= 15 is 0 Å². The zero-order chi connectivity index (χ0) is 11.7. The average Bonchev–Trinajstić information content (AvgIpc) is 2.20. The van der Waals surface area contributed by atoms with Gasteiger partial charge in [-0.15, -0.1) is 0 Å². The Hall–Kier alpha value is -1.85. The second kappa shape index (κ2) is 3.96. The zero-order valence-corrected chi connectivity index (χ0v) is 9.36. The van der Waals surface area contributed by atoms with Crippen molar-refractivity contribution in [2.75, 3.05) is 31.6 Å². The maximum atomic E-state index is 11.5. The summed E-state index contributed by atoms with van der Waals surface area (Å²) in [5, 5.41) is 0. The molecule has 0 unspecified atom stereocenters. The Morgan fingerprint density at radius 2 is 2.12 bits per heavy atom. The van der Waals surface area contributed by atoms with Crippen LogP contribution in [-0.2, 0) is 4.79 Å². The van der Waals surface area contributed by atoms with Crippen molar-refractivity contribution in [3.05, 3.63) is 22.2 Å². The summed E-state index contributed by atoms with van der Waals surface area (Å²) in [5.74, 6) is 1.18. The van der Waals surface area contributed by atoms with Gasteiger partial charge in [0, 0.05) is 26.2 Å². The molecule has 86 valence electrons. The van der Waals surface area contributed by atoms with E-state index in [1.165, 1.54) is 6.07 Å². The number of rotatable bonds is 1. The largest absolute Gasteiger partial charge is 0.345 e. The second-order valence-electron chi connectivity index (χ2n) is 3.93. The van der Waals surface area contributed by atoms with Crippen LogP contribution < -0.4 is 10.5 Å². The molecule has 0 bridgehead atoms. The van der Waals surface area contributed by atoms with Gasteiger partial charge in [-0.1, -0.05) is 0 Å². The molecular formula is C10H14N4O2. The van der Waals surface area contributed by atoms with Gasteiger partial charge in [0.1, 0.15) is 11.6 Å². The predicted molar refractivity (Wildman–Crippen MR) is 59.4 cm³/mol. The molecule has 2 heterocycles. The zero-order valence-electron chi connectivity index (χ0n) is 9.36. The number of likely N-dealkylation sites (N-methyl/N-ethyl adjacent to an activating group) is 1. The van der Waals surface area contributed by atoms with Crippen molar-refractivity contribution >= 4 is 11.7 Å². The topological polar surface area (TPSA) is 69.3 Å². The van der Waals surface area contributed by atoms with Gasteiger partial charge in [-0.2, -0.15) is 0 Å². The SMILES string of the molecule is Cc1nc(N2CCN(C)C(=O)C2)cc(=O)[nH]1. The number of aromatic amines is 1. The lowest BCUT2D eigenvalue weighted by atomic mass is 10.3. The van der Waals surface area contributed by atoms with Gasteiger partial charge in [0.25, 0.3) is 5.56 Å². The van der Waals surface area contributed by atoms with Crippen LogP contribution in [0.2, 0.25) is 0 Å². The number of anilines is 1. The Balaban J connectivity index is 2.25. The van der Waals surface area contributed by atoms with Crippen LogP contribution in [0.15, 0.2) is 10.9 Å². The molecule has 16 heavy (non-hydrogen) atoms. The number of nitrogens with zero attached hydrogens (tertiary/aromatic N) is 3. The van der Waals surface area contributed by atoms with Crippen molar-refractivity contribution in [1.29, 1.82) is 0 Å². The smallest absolute Gasteiger partial charge is 0.252 e. The highest BCUT2D eigenvalue weighted by Crippen LogP contribution is 2.11. The molecule has 1 aliphatic heterocycles. The van der Waals surface area contributed by atoms with E-state index in [4.69, 9.17) is 0 Å². The van der Waals surface area contributed by atoms with E-state index in [0.29, 0.717) is 24.7 Å². The highest BCUT2D eigenvalue weighted by molar-refractivity contribution is 5.82. The lowest BCUT2D eigenvalue weighted by Crippen LogP contribution is -2.49. The molecule has 0 radical (unpaired) electrons. The highest BCUT2D eigenvalue weighted by atomic mass is 16.2. The second-order valence-corrected chi connectivity index (χ2v) is 3.93. The minimum atomic E-state index is -0.186. The van der Waals surface area contributed by atoms with E-state index in [1.54, 1.807) is 18.9 Å². The van der Waals surface area contributed by atoms with Gasteiger partial charge in [0.15, 0.2) is 0 Å². The number of piperazine rings is 1. The molecule has 1 amide bonds. The maximum Gasteiger partial charge on any atom is 0.252 e. The summed E-state index contributed by atoms with van der Waals surface area (Å²) in [5.41, 5.74) is -0.186. The average molecular weight is 222 g/mol. The lowest BCUT2D eigenvalue weighted by molar-refractivity contribution is -0.129. The number of amides is 1. The van der Waals surface area contributed by atoms with Crippen LogP contribution in [0.1, 0.15) is 5.82 Å². The van der Waals surface area contributed by atoms with Crippen molar-refractivity contribution in [3.63, 3.8) is 0 Å². The minimum Gasteiger partial charge on any atom is -0.345 e. The molecule has 2 rings (SSSR count). The summed E-state index contributed by atoms with van der Waals surface area (Å²) in [6, 6.07) is 1.42. The van der Waals surface area contributed by atoms with Crippen molar-refractivity contribution < 1.29 is 4.79 Å². The fourth-order valence-corrected chi connectivity index (χ4v) is 1.68. The molecule has 0 atom stereocenters. The van der Waals surface area contributed by atoms with E-state index in [-0.39, 0.29) is 18.0 Å². The first-order chi connectivity index (χ1) is 7.56. The number of carbonyl (C=O) groups is 1. The van der Waals surface area contributed by atoms with Crippen LogP contribution in [0.25, 0.3) is 0 Å². The fraction of sp³-hybridized carbons (Fsp3) is 0.500. The molecule has 0 spiro atoms. The van der Waals surface area contributed by atoms with Gasteiger partial charge in [-0.05, 0) is 6.92 Å². The summed E-state index contributed by atoms with van der Waals surface area (Å²) in [6.07, 6.45) is 0. The van der Waals surface area contributed by atoms with Gasteiger partial charge >= 0.3 is 0 Å². The minimum absolute atomic E-state index is 0.0472. The van der Waals surface area contributed by atoms with Crippen LogP contribution >= 0.6 is 0 Å². The van der Waals surface area contributed by atoms with Gasteiger partial charge in [0.05, 0.1) is 6.54 Å². The summed E-state index contributed by atoms with van der Waals surface area (Å²) in [4.78, 5) is 33.1. The number of hydrogen-bond donors (Lipinski definition) is 1. The van der Waals surface area contributed by atoms with E-state index in [2.05, 4.69) is 9.97 Å². The van der Waals surface area contributed by atoms with Gasteiger partial charge < -0.3 is 14.8 Å². The summed E-state index contributed by atoms with van der Waals surface area (Å²) < 4.78 is 0. The molecule has 1 saturated heterocycles. The van der Waals surface area contributed by atoms with E-state index in [1.807, 2.05) is 4.90 Å². The summed E-state index contributed by atoms with van der Waals surface area (Å²) >= 11 is 0. The number of H-pyrrole nitrogens is 1. The highest BCUT2D eigenvalue weighted by Gasteiger charge is 2.22. The first-order valence-electron chi connectivity index (χ1n) is 5.13. The molecule has 1 N–H and O–H groups in total. The number of nitrogens with one attached hydrogen (secondary N) is 1. The van der Waals surface area contributed by atoms with E-state index in [0.717, 1.165) is 0 Å². The van der Waals surface area contributed by atoms with Crippen LogP contribution in [0.4, 0.5) is 5.82 Å². The van der Waals surface area contributed by atoms with Crippen molar-refractivity contribution in [2.24, 2.45) is 0 Å². The van der Waals surface area contributed by atoms with Gasteiger partial charge in [-0.3, -0.25) is 9.59 Å². The molecular weight excluding hydrogens is 208 g/mol. The van der Waals surface area contributed by atoms with E-state index in [9.17, 15) is 9.59 Å². The molecule has 1 aromatic rings. The quantitative estimate of drug-likeness (QED) is 0.686. The van der Waals surface area contributed by atoms with Crippen molar-refractivity contribution in [3.8, 4) is 0 Å². The van der Waals surface area contributed by atoms with Gasteiger partial charge in [0.2, 0.25) is 5.91 Å². The third kappa shape index (κ3) is 2.05. The molecule has 0 aromatic carbocycles. The Bertz CT molecular complexity index is 468. The third-order valence-corrected chi connectivity index (χ3v) is 2.63. The Morgan fingerprint density at radius 3 is 2.75 bits per heavy atom. The molecule has 1 aliphatic rings. The molecule has 6 heteroatoms. The van der Waals surface area contributed by atoms with Crippen molar-refractivity contribution in [2.45, 2.75) is 6.92 Å². The molecule has 0 saturated carbocycles. The fourth-order valence-electron chi connectivity index (χ4n) is 1.68. The standard InChI is InChI=1S/C10H14N4O2/c1-7-11-8(5-9(15)12-7)14-4-3-13(2)10(16)6-14/h5H,3-4,6H2,1-2H3,(H,11,12,15). The van der Waals surface area contributed by atoms with Crippen LogP contribution in [0, 0.1) is 6.92 Å². The predicted octanol–water partition coefficient (Wildman–Crippen LogP) is -0.643. The monoisotopic (exact) mass is 222 g/mol. The summed E-state index contributed by atoms with van der Waals surface area (Å²) in [7, 11) is 1.77. The molecule has 6 nitrogen and oxygen atoms in total. The van der Waals surface area contributed by atoms with Gasteiger partial charge in [-0.25, -0.2) is 4.98 Å². The van der Waals surface area contributed by atoms with Crippen LogP contribution in [0.3, 0.4) is 0 Å². The number of carbonyl (C=O) groups excluding carboxylic acids is 1. The number of hydrogen-bond acceptors (Lipinski definition) is 4. The number of aromatic nitrogens is 2. The Morgan fingerprint density at radius 1 is 1.38 bits per heavy atom. The first kappa shape index (κ1) is 10.7. The van der Waals surface area contributed by atoms with E-state index < -0.39 is 0 Å². The lowest BCUT2D eigenvalue weighted by Gasteiger charge is -2.32. The van der Waals surface area contributed by atoms with Crippen molar-refractivity contribution in [1.82, 2.24) is 14.9 Å². The molecule has 0 aliphatic carbocycles. The normalized spacial score (nSPS) is 16.8. The van der Waals surface area contributed by atoms with Crippen LogP contribution in [-0.4, -0.2) is 47.5 Å². The molecule has 1 fully saturated rings. The Kier molecular flexibility index (Phi) is 2.64. The third-order valence-electron chi connectivity index (χ3n) is 2.63. The summed E-state index contributed by atoms with van der Waals surface area (Å²) in [6.45, 7) is 3.37. The number of aryl methyl sites for hydroxylation is 1. The first-order valence-corrected chi connectivity index (χ1v) is 5.13. The molecule has 1 aromatic heterocycles.